The molecule has 1 aromatic heterocycles. The van der Waals surface area contributed by atoms with Crippen LogP contribution in [0, 0.1) is 5.82 Å². The van der Waals surface area contributed by atoms with Gasteiger partial charge in [0.1, 0.15) is 5.82 Å². The zero-order valence-electron chi connectivity index (χ0n) is 10.8. The van der Waals surface area contributed by atoms with E-state index in [1.54, 1.807) is 18.5 Å². The Bertz CT molecular complexity index is 531. The summed E-state index contributed by atoms with van der Waals surface area (Å²) in [5.41, 5.74) is 2.88. The highest BCUT2D eigenvalue weighted by molar-refractivity contribution is 9.08. The van der Waals surface area contributed by atoms with Crippen LogP contribution >= 0.6 is 15.9 Å². The number of hydrogen-bond donors (Lipinski definition) is 0. The van der Waals surface area contributed by atoms with E-state index in [4.69, 9.17) is 0 Å². The van der Waals surface area contributed by atoms with E-state index in [0.717, 1.165) is 18.7 Å². The second-order valence-corrected chi connectivity index (χ2v) is 4.96. The standard InChI is InChI=1S/C15H16BrFN2/c1-19(10-7-12-5-8-18-9-6-12)15-4-2-3-14(17)13(15)11-16/h2-6,8-9H,7,10-11H2,1H3. The molecule has 19 heavy (non-hydrogen) atoms. The molecule has 4 heteroatoms. The van der Waals surface area contributed by atoms with E-state index in [1.807, 2.05) is 25.2 Å². The number of likely N-dealkylation sites (N-methyl/N-ethyl adjacent to an activating group) is 1. The van der Waals surface area contributed by atoms with Gasteiger partial charge in [-0.2, -0.15) is 0 Å². The summed E-state index contributed by atoms with van der Waals surface area (Å²) in [5.74, 6) is -0.162. The summed E-state index contributed by atoms with van der Waals surface area (Å²) >= 11 is 3.35. The minimum absolute atomic E-state index is 0.162. The zero-order chi connectivity index (χ0) is 13.7. The SMILES string of the molecule is CN(CCc1ccncc1)c1cccc(F)c1CBr. The van der Waals surface area contributed by atoms with Crippen molar-refractivity contribution in [3.05, 3.63) is 59.7 Å². The number of anilines is 1. The van der Waals surface area contributed by atoms with Gasteiger partial charge in [0.25, 0.3) is 0 Å². The van der Waals surface area contributed by atoms with Crippen LogP contribution in [0.25, 0.3) is 0 Å². The van der Waals surface area contributed by atoms with Gasteiger partial charge < -0.3 is 4.90 Å². The molecule has 100 valence electrons. The Morgan fingerprint density at radius 2 is 1.95 bits per heavy atom. The molecule has 1 aromatic carbocycles. The van der Waals surface area contributed by atoms with Crippen LogP contribution in [0.5, 0.6) is 0 Å². The number of halogens is 2. The molecule has 0 saturated heterocycles. The Balaban J connectivity index is 2.08. The first kappa shape index (κ1) is 14.0. The molecule has 0 radical (unpaired) electrons. The van der Waals surface area contributed by atoms with Crippen LogP contribution in [0.15, 0.2) is 42.7 Å². The van der Waals surface area contributed by atoms with Gasteiger partial charge in [0.2, 0.25) is 0 Å². The van der Waals surface area contributed by atoms with Gasteiger partial charge in [-0.05, 0) is 36.2 Å². The van der Waals surface area contributed by atoms with Crippen LogP contribution in [0.1, 0.15) is 11.1 Å². The Morgan fingerprint density at radius 1 is 1.21 bits per heavy atom. The molecule has 2 rings (SSSR count). The number of hydrogen-bond acceptors (Lipinski definition) is 2. The smallest absolute Gasteiger partial charge is 0.129 e. The maximum absolute atomic E-state index is 13.7. The quantitative estimate of drug-likeness (QED) is 0.778. The lowest BCUT2D eigenvalue weighted by molar-refractivity contribution is 0.617. The molecule has 2 aromatic rings. The first-order chi connectivity index (χ1) is 9.22. The minimum atomic E-state index is -0.162. The summed E-state index contributed by atoms with van der Waals surface area (Å²) in [7, 11) is 1.99. The lowest BCUT2D eigenvalue weighted by Gasteiger charge is -2.22. The third kappa shape index (κ3) is 3.53. The predicted molar refractivity (Wildman–Crippen MR) is 80.2 cm³/mol. The number of benzene rings is 1. The maximum atomic E-state index is 13.7. The van der Waals surface area contributed by atoms with Crippen molar-refractivity contribution in [1.82, 2.24) is 4.98 Å². The molecule has 0 unspecified atom stereocenters. The molecule has 0 bridgehead atoms. The van der Waals surface area contributed by atoms with Crippen LogP contribution in [0.2, 0.25) is 0 Å². The molecule has 0 amide bonds. The molecule has 0 atom stereocenters. The van der Waals surface area contributed by atoms with Gasteiger partial charge in [0, 0.05) is 42.6 Å². The van der Waals surface area contributed by atoms with E-state index in [2.05, 4.69) is 25.8 Å². The van der Waals surface area contributed by atoms with Crippen molar-refractivity contribution in [2.75, 3.05) is 18.5 Å². The number of nitrogens with zero attached hydrogens (tertiary/aromatic N) is 2. The summed E-state index contributed by atoms with van der Waals surface area (Å²) < 4.78 is 13.7. The number of pyridine rings is 1. The molecular weight excluding hydrogens is 307 g/mol. The van der Waals surface area contributed by atoms with Crippen molar-refractivity contribution in [3.63, 3.8) is 0 Å². The average Bonchev–Trinajstić information content (AvgIpc) is 2.45. The van der Waals surface area contributed by atoms with Gasteiger partial charge in [-0.3, -0.25) is 4.98 Å². The van der Waals surface area contributed by atoms with E-state index < -0.39 is 0 Å². The van der Waals surface area contributed by atoms with Crippen LogP contribution in [-0.2, 0) is 11.8 Å². The van der Waals surface area contributed by atoms with Crippen LogP contribution in [0.3, 0.4) is 0 Å². The fraction of sp³-hybridized carbons (Fsp3) is 0.267. The van der Waals surface area contributed by atoms with Gasteiger partial charge >= 0.3 is 0 Å². The van der Waals surface area contributed by atoms with E-state index in [0.29, 0.717) is 10.9 Å². The summed E-state index contributed by atoms with van der Waals surface area (Å²) in [6.45, 7) is 0.841. The number of alkyl halides is 1. The summed E-state index contributed by atoms with van der Waals surface area (Å²) in [6.07, 6.45) is 4.50. The van der Waals surface area contributed by atoms with Crippen LogP contribution in [-0.4, -0.2) is 18.6 Å². The molecule has 0 aliphatic heterocycles. The van der Waals surface area contributed by atoms with Crippen molar-refractivity contribution in [1.29, 1.82) is 0 Å². The van der Waals surface area contributed by atoms with Crippen molar-refractivity contribution < 1.29 is 4.39 Å². The maximum Gasteiger partial charge on any atom is 0.129 e. The zero-order valence-corrected chi connectivity index (χ0v) is 12.4. The second kappa shape index (κ2) is 6.66. The summed E-state index contributed by atoms with van der Waals surface area (Å²) in [5, 5.41) is 0.522. The lowest BCUT2D eigenvalue weighted by atomic mass is 10.1. The predicted octanol–water partition coefficient (Wildman–Crippen LogP) is 3.79. The Labute approximate surface area is 121 Å². The second-order valence-electron chi connectivity index (χ2n) is 4.40. The highest BCUT2D eigenvalue weighted by Crippen LogP contribution is 2.24. The Morgan fingerprint density at radius 3 is 2.63 bits per heavy atom. The number of aromatic nitrogens is 1. The van der Waals surface area contributed by atoms with Gasteiger partial charge in [-0.1, -0.05) is 22.0 Å². The first-order valence-corrected chi connectivity index (χ1v) is 7.28. The third-order valence-corrected chi connectivity index (χ3v) is 3.68. The Hall–Kier alpha value is -1.42. The normalized spacial score (nSPS) is 10.5. The fourth-order valence-corrected chi connectivity index (χ4v) is 2.56. The summed E-state index contributed by atoms with van der Waals surface area (Å²) in [4.78, 5) is 6.08. The average molecular weight is 323 g/mol. The van der Waals surface area contributed by atoms with E-state index in [1.165, 1.54) is 11.6 Å². The fourth-order valence-electron chi connectivity index (χ4n) is 2.00. The Kier molecular flexibility index (Phi) is 4.91. The molecule has 0 saturated carbocycles. The van der Waals surface area contributed by atoms with Crippen molar-refractivity contribution in [3.8, 4) is 0 Å². The molecule has 0 spiro atoms. The van der Waals surface area contributed by atoms with E-state index in [9.17, 15) is 4.39 Å². The van der Waals surface area contributed by atoms with Crippen LogP contribution in [0.4, 0.5) is 10.1 Å². The highest BCUT2D eigenvalue weighted by Gasteiger charge is 2.10. The van der Waals surface area contributed by atoms with E-state index >= 15 is 0 Å². The van der Waals surface area contributed by atoms with E-state index in [-0.39, 0.29) is 5.82 Å². The monoisotopic (exact) mass is 322 g/mol. The van der Waals surface area contributed by atoms with Crippen LogP contribution < -0.4 is 4.90 Å². The summed E-state index contributed by atoms with van der Waals surface area (Å²) in [6, 6.07) is 9.21. The number of rotatable bonds is 5. The van der Waals surface area contributed by atoms with Gasteiger partial charge in [0.15, 0.2) is 0 Å². The highest BCUT2D eigenvalue weighted by atomic mass is 79.9. The topological polar surface area (TPSA) is 16.1 Å². The molecule has 0 aliphatic rings. The molecule has 0 N–H and O–H groups in total. The molecule has 0 fully saturated rings. The minimum Gasteiger partial charge on any atom is -0.374 e. The van der Waals surface area contributed by atoms with Gasteiger partial charge in [-0.15, -0.1) is 0 Å². The van der Waals surface area contributed by atoms with Crippen molar-refractivity contribution in [2.45, 2.75) is 11.8 Å². The van der Waals surface area contributed by atoms with Crippen molar-refractivity contribution in [2.24, 2.45) is 0 Å². The van der Waals surface area contributed by atoms with Gasteiger partial charge in [-0.25, -0.2) is 4.39 Å². The largest absolute Gasteiger partial charge is 0.374 e. The third-order valence-electron chi connectivity index (χ3n) is 3.12. The van der Waals surface area contributed by atoms with Gasteiger partial charge in [0.05, 0.1) is 0 Å². The lowest BCUT2D eigenvalue weighted by Crippen LogP contribution is -2.21. The van der Waals surface area contributed by atoms with Crippen molar-refractivity contribution >= 4 is 21.6 Å². The molecule has 1 heterocycles. The molecule has 2 nitrogen and oxygen atoms in total. The molecule has 0 aliphatic carbocycles. The molecular formula is C15H16BrFN2. The first-order valence-electron chi connectivity index (χ1n) is 6.15.